The van der Waals surface area contributed by atoms with Crippen LogP contribution in [0.1, 0.15) is 30.5 Å². The van der Waals surface area contributed by atoms with Gasteiger partial charge in [-0.3, -0.25) is 29.3 Å². The number of aromatic amines is 1. The van der Waals surface area contributed by atoms with E-state index < -0.39 is 34.0 Å². The second-order valence-corrected chi connectivity index (χ2v) is 6.00. The van der Waals surface area contributed by atoms with Crippen LogP contribution in [-0.4, -0.2) is 36.2 Å². The molecule has 27 heavy (non-hydrogen) atoms. The maximum atomic E-state index is 12.2. The highest BCUT2D eigenvalue weighted by molar-refractivity contribution is 6.04. The van der Waals surface area contributed by atoms with Crippen LogP contribution in [0.25, 0.3) is 0 Å². The highest BCUT2D eigenvalue weighted by atomic mass is 16.6. The van der Waals surface area contributed by atoms with E-state index in [1.807, 2.05) is 0 Å². The molecule has 1 aliphatic heterocycles. The number of nitro benzene ring substituents is 1. The monoisotopic (exact) mass is 373 g/mol. The van der Waals surface area contributed by atoms with Gasteiger partial charge in [-0.25, -0.2) is 9.80 Å². The van der Waals surface area contributed by atoms with Gasteiger partial charge >= 0.3 is 5.69 Å². The molecule has 0 aliphatic carbocycles. The van der Waals surface area contributed by atoms with Crippen LogP contribution in [0.4, 0.5) is 5.69 Å². The van der Waals surface area contributed by atoms with Crippen LogP contribution in [0.3, 0.4) is 0 Å². The Morgan fingerprint density at radius 3 is 2.74 bits per heavy atom. The summed E-state index contributed by atoms with van der Waals surface area (Å²) >= 11 is 0. The number of benzene rings is 1. The summed E-state index contributed by atoms with van der Waals surface area (Å²) in [5, 5.41) is 26.4. The molecule has 2 heterocycles. The maximum Gasteiger partial charge on any atom is 0.330 e. The molecule has 2 N–H and O–H groups in total. The Labute approximate surface area is 151 Å². The van der Waals surface area contributed by atoms with Crippen molar-refractivity contribution < 1.29 is 14.8 Å². The predicted molar refractivity (Wildman–Crippen MR) is 93.5 cm³/mol. The molecule has 0 spiro atoms. The molecule has 2 aromatic rings. The van der Waals surface area contributed by atoms with Crippen molar-refractivity contribution >= 4 is 17.3 Å². The van der Waals surface area contributed by atoms with E-state index in [0.29, 0.717) is 5.56 Å². The number of amides is 1. The van der Waals surface area contributed by atoms with Gasteiger partial charge in [0, 0.05) is 32.5 Å². The van der Waals surface area contributed by atoms with Crippen LogP contribution in [0.15, 0.2) is 39.0 Å². The molecule has 0 fully saturated rings. The summed E-state index contributed by atoms with van der Waals surface area (Å²) in [7, 11) is 1.27. The highest BCUT2D eigenvalue weighted by Gasteiger charge is 2.34. The first-order valence-corrected chi connectivity index (χ1v) is 7.85. The van der Waals surface area contributed by atoms with Gasteiger partial charge < -0.3 is 5.11 Å². The molecule has 1 aromatic heterocycles. The normalized spacial score (nSPS) is 16.3. The fraction of sp³-hybridized carbons (Fsp3) is 0.250. The third-order valence-corrected chi connectivity index (χ3v) is 4.28. The van der Waals surface area contributed by atoms with Crippen molar-refractivity contribution in [3.05, 3.63) is 66.3 Å². The summed E-state index contributed by atoms with van der Waals surface area (Å²) in [5.41, 5.74) is -1.45. The second-order valence-electron chi connectivity index (χ2n) is 6.00. The first-order valence-electron chi connectivity index (χ1n) is 7.85. The minimum atomic E-state index is -0.836. The van der Waals surface area contributed by atoms with Gasteiger partial charge in [0.25, 0.3) is 11.2 Å². The first kappa shape index (κ1) is 18.0. The third-order valence-electron chi connectivity index (χ3n) is 4.28. The number of hydrazone groups is 1. The van der Waals surface area contributed by atoms with Gasteiger partial charge in [-0.05, 0) is 5.56 Å². The summed E-state index contributed by atoms with van der Waals surface area (Å²) in [5.74, 6) is -1.02. The third kappa shape index (κ3) is 3.10. The first-order chi connectivity index (χ1) is 12.7. The molecule has 1 unspecified atom stereocenters. The van der Waals surface area contributed by atoms with Gasteiger partial charge in [0.2, 0.25) is 11.8 Å². The summed E-state index contributed by atoms with van der Waals surface area (Å²) in [6.07, 6.45) is 0.0373. The van der Waals surface area contributed by atoms with Crippen LogP contribution >= 0.6 is 0 Å². The predicted octanol–water partition coefficient (Wildman–Crippen LogP) is 0.385. The summed E-state index contributed by atoms with van der Waals surface area (Å²) in [4.78, 5) is 48.3. The lowest BCUT2D eigenvalue weighted by molar-refractivity contribution is -0.384. The van der Waals surface area contributed by atoms with Crippen LogP contribution in [-0.2, 0) is 11.8 Å². The lowest BCUT2D eigenvalue weighted by Gasteiger charge is -2.20. The van der Waals surface area contributed by atoms with Gasteiger partial charge in [0.1, 0.15) is 5.56 Å². The summed E-state index contributed by atoms with van der Waals surface area (Å²) < 4.78 is 0.845. The van der Waals surface area contributed by atoms with Crippen LogP contribution in [0, 0.1) is 10.1 Å². The van der Waals surface area contributed by atoms with E-state index in [1.165, 1.54) is 32.2 Å². The van der Waals surface area contributed by atoms with Gasteiger partial charge in [-0.15, -0.1) is 0 Å². The number of nitro groups is 1. The van der Waals surface area contributed by atoms with Crippen molar-refractivity contribution in [1.82, 2.24) is 14.6 Å². The lowest BCUT2D eigenvalue weighted by atomic mass is 9.99. The molecular formula is C16H15N5O6. The zero-order valence-electron chi connectivity index (χ0n) is 14.4. The Morgan fingerprint density at radius 1 is 1.41 bits per heavy atom. The molecule has 0 bridgehead atoms. The fourth-order valence-corrected chi connectivity index (χ4v) is 2.93. The average Bonchev–Trinajstić information content (AvgIpc) is 3.05. The van der Waals surface area contributed by atoms with Gasteiger partial charge in [-0.1, -0.05) is 12.1 Å². The van der Waals surface area contributed by atoms with E-state index in [0.717, 1.165) is 9.58 Å². The number of hydrogen-bond acceptors (Lipinski definition) is 7. The van der Waals surface area contributed by atoms with Crippen molar-refractivity contribution in [2.24, 2.45) is 12.1 Å². The molecule has 3 rings (SSSR count). The summed E-state index contributed by atoms with van der Waals surface area (Å²) in [6.45, 7) is 1.27. The minimum Gasteiger partial charge on any atom is -0.494 e. The molecule has 0 saturated carbocycles. The van der Waals surface area contributed by atoms with Gasteiger partial charge in [-0.2, -0.15) is 5.10 Å². The molecule has 140 valence electrons. The Balaban J connectivity index is 2.09. The zero-order chi connectivity index (χ0) is 19.9. The van der Waals surface area contributed by atoms with E-state index >= 15 is 0 Å². The van der Waals surface area contributed by atoms with E-state index in [4.69, 9.17) is 0 Å². The molecule has 0 saturated heterocycles. The Hall–Kier alpha value is -3.76. The number of carbonyl (C=O) groups is 1. The average molecular weight is 373 g/mol. The zero-order valence-corrected chi connectivity index (χ0v) is 14.4. The van der Waals surface area contributed by atoms with Crippen molar-refractivity contribution in [3.8, 4) is 5.88 Å². The number of aromatic nitrogens is 2. The number of aromatic hydroxyl groups is 1. The largest absolute Gasteiger partial charge is 0.494 e. The van der Waals surface area contributed by atoms with Crippen molar-refractivity contribution in [3.63, 3.8) is 0 Å². The second kappa shape index (κ2) is 6.52. The molecular weight excluding hydrogens is 358 g/mol. The Kier molecular flexibility index (Phi) is 4.35. The number of rotatable bonds is 3. The Bertz CT molecular complexity index is 1100. The molecule has 0 radical (unpaired) electrons. The van der Waals surface area contributed by atoms with Crippen molar-refractivity contribution in [2.45, 2.75) is 19.4 Å². The standard InChI is InChI=1S/C16H15N5O6/c1-8(22)20-12(9-4-3-5-10(6-9)21(26)27)7-11(18-20)13-14(23)17-16(25)19(2)15(13)24/h3-6,12,24H,7H2,1-2H3,(H,17,23,25). The SMILES string of the molecule is CC(=O)N1N=C(c2c(O)n(C)c(=O)[nH]c2=O)CC1c1cccc([N+](=O)[O-])c1. The van der Waals surface area contributed by atoms with Gasteiger partial charge in [0.05, 0.1) is 16.7 Å². The fourth-order valence-electron chi connectivity index (χ4n) is 2.93. The van der Waals surface area contributed by atoms with Gasteiger partial charge in [0.15, 0.2) is 0 Å². The number of nitrogens with one attached hydrogen (secondary N) is 1. The Morgan fingerprint density at radius 2 is 2.11 bits per heavy atom. The molecule has 11 heteroatoms. The summed E-state index contributed by atoms with van der Waals surface area (Å²) in [6, 6.07) is 5.05. The molecule has 1 atom stereocenters. The highest BCUT2D eigenvalue weighted by Crippen LogP contribution is 2.34. The number of non-ortho nitro benzene ring substituents is 1. The molecule has 1 aliphatic rings. The quantitative estimate of drug-likeness (QED) is 0.586. The van der Waals surface area contributed by atoms with Crippen LogP contribution in [0.2, 0.25) is 0 Å². The maximum absolute atomic E-state index is 12.2. The molecule has 11 nitrogen and oxygen atoms in total. The van der Waals surface area contributed by atoms with Crippen LogP contribution < -0.4 is 11.2 Å². The number of H-pyrrole nitrogens is 1. The van der Waals surface area contributed by atoms with E-state index in [2.05, 4.69) is 10.1 Å². The van der Waals surface area contributed by atoms with E-state index in [-0.39, 0.29) is 23.4 Å². The van der Waals surface area contributed by atoms with E-state index in [9.17, 15) is 29.6 Å². The number of carbonyl (C=O) groups excluding carboxylic acids is 1. The van der Waals surface area contributed by atoms with Crippen molar-refractivity contribution in [2.75, 3.05) is 0 Å². The smallest absolute Gasteiger partial charge is 0.330 e. The lowest BCUT2D eigenvalue weighted by Crippen LogP contribution is -2.32. The molecule has 1 amide bonds. The van der Waals surface area contributed by atoms with Crippen LogP contribution in [0.5, 0.6) is 5.88 Å². The topological polar surface area (TPSA) is 151 Å². The van der Waals surface area contributed by atoms with Crippen molar-refractivity contribution in [1.29, 1.82) is 0 Å². The van der Waals surface area contributed by atoms with E-state index in [1.54, 1.807) is 6.07 Å². The molecule has 1 aromatic carbocycles. The minimum absolute atomic E-state index is 0.0373. The number of hydrogen-bond donors (Lipinski definition) is 2. The number of nitrogens with zero attached hydrogens (tertiary/aromatic N) is 4.